The van der Waals surface area contributed by atoms with Gasteiger partial charge in [0.2, 0.25) is 9.05 Å². The summed E-state index contributed by atoms with van der Waals surface area (Å²) >= 11 is 1.46. The van der Waals surface area contributed by atoms with Gasteiger partial charge in [0.25, 0.3) is 0 Å². The number of ether oxygens (including phenoxy) is 1. The molecule has 0 N–H and O–H groups in total. The molecule has 0 saturated carbocycles. The number of methoxy groups -OCH3 is 1. The van der Waals surface area contributed by atoms with Crippen LogP contribution in [0.2, 0.25) is 0 Å². The Balaban J connectivity index is 3.22. The summed E-state index contributed by atoms with van der Waals surface area (Å²) in [6, 6.07) is 5.37. The molecule has 0 aliphatic rings. The first-order valence-electron chi connectivity index (χ1n) is 4.10. The van der Waals surface area contributed by atoms with Gasteiger partial charge in [0.1, 0.15) is 5.75 Å². The minimum absolute atomic E-state index is 0.214. The number of hydrogen-bond acceptors (Lipinski definition) is 4. The van der Waals surface area contributed by atoms with Crippen molar-refractivity contribution in [1.82, 2.24) is 0 Å². The third-order valence-corrected chi connectivity index (χ3v) is 3.63. The standard InChI is InChI=1S/C9H11ClO3S2/c1-13-8-4-3-5-9(14-2)7(8)6-15(10,11)12/h3-5H,6H2,1-2H3. The highest BCUT2D eigenvalue weighted by molar-refractivity contribution is 8.13. The second-order valence-electron chi connectivity index (χ2n) is 2.82. The smallest absolute Gasteiger partial charge is 0.236 e. The van der Waals surface area contributed by atoms with Gasteiger partial charge < -0.3 is 4.74 Å². The van der Waals surface area contributed by atoms with Crippen LogP contribution in [0.25, 0.3) is 0 Å². The molecule has 15 heavy (non-hydrogen) atoms. The Labute approximate surface area is 98.2 Å². The van der Waals surface area contributed by atoms with Crippen molar-refractivity contribution in [1.29, 1.82) is 0 Å². The normalized spacial score (nSPS) is 11.4. The molecule has 0 atom stereocenters. The van der Waals surface area contributed by atoms with Crippen molar-refractivity contribution >= 4 is 31.5 Å². The van der Waals surface area contributed by atoms with Crippen molar-refractivity contribution < 1.29 is 13.2 Å². The van der Waals surface area contributed by atoms with Crippen molar-refractivity contribution in [2.24, 2.45) is 0 Å². The lowest BCUT2D eigenvalue weighted by molar-refractivity contribution is 0.409. The van der Waals surface area contributed by atoms with Gasteiger partial charge in [-0.2, -0.15) is 0 Å². The third kappa shape index (κ3) is 3.59. The summed E-state index contributed by atoms with van der Waals surface area (Å²) in [5, 5.41) is 0. The van der Waals surface area contributed by atoms with Crippen LogP contribution in [0.4, 0.5) is 0 Å². The van der Waals surface area contributed by atoms with Gasteiger partial charge in [0.05, 0.1) is 12.9 Å². The molecule has 1 aromatic carbocycles. The zero-order valence-corrected chi connectivity index (χ0v) is 10.7. The summed E-state index contributed by atoms with van der Waals surface area (Å²) in [6.45, 7) is 0. The zero-order chi connectivity index (χ0) is 11.5. The Morgan fingerprint density at radius 1 is 1.47 bits per heavy atom. The van der Waals surface area contributed by atoms with Crippen LogP contribution in [0.1, 0.15) is 5.56 Å². The van der Waals surface area contributed by atoms with Gasteiger partial charge in [-0.15, -0.1) is 11.8 Å². The molecular formula is C9H11ClO3S2. The maximum absolute atomic E-state index is 11.0. The van der Waals surface area contributed by atoms with E-state index in [9.17, 15) is 8.42 Å². The van der Waals surface area contributed by atoms with Crippen LogP contribution in [-0.2, 0) is 14.8 Å². The average Bonchev–Trinajstić information content (AvgIpc) is 2.16. The van der Waals surface area contributed by atoms with Crippen molar-refractivity contribution in [2.75, 3.05) is 13.4 Å². The fourth-order valence-corrected chi connectivity index (χ4v) is 2.94. The van der Waals surface area contributed by atoms with Gasteiger partial charge in [-0.1, -0.05) is 6.07 Å². The first-order valence-corrected chi connectivity index (χ1v) is 7.80. The van der Waals surface area contributed by atoms with Gasteiger partial charge in [-0.05, 0) is 18.4 Å². The molecule has 0 aromatic heterocycles. The molecule has 0 unspecified atom stereocenters. The Morgan fingerprint density at radius 2 is 2.13 bits per heavy atom. The maximum Gasteiger partial charge on any atom is 0.236 e. The lowest BCUT2D eigenvalue weighted by Gasteiger charge is -2.10. The Morgan fingerprint density at radius 3 is 2.60 bits per heavy atom. The van der Waals surface area contributed by atoms with Gasteiger partial charge in [-0.25, -0.2) is 8.42 Å². The van der Waals surface area contributed by atoms with E-state index in [0.29, 0.717) is 11.3 Å². The monoisotopic (exact) mass is 266 g/mol. The van der Waals surface area contributed by atoms with Gasteiger partial charge >= 0.3 is 0 Å². The van der Waals surface area contributed by atoms with Gasteiger partial charge in [0.15, 0.2) is 0 Å². The zero-order valence-electron chi connectivity index (χ0n) is 8.36. The fourth-order valence-electron chi connectivity index (χ4n) is 1.24. The van der Waals surface area contributed by atoms with Crippen LogP contribution in [0.15, 0.2) is 23.1 Å². The molecule has 3 nitrogen and oxygen atoms in total. The molecule has 0 fully saturated rings. The second-order valence-corrected chi connectivity index (χ2v) is 6.45. The lowest BCUT2D eigenvalue weighted by atomic mass is 10.2. The summed E-state index contributed by atoms with van der Waals surface area (Å²) in [5.74, 6) is 0.334. The molecule has 0 spiro atoms. The Bertz CT molecular complexity index is 420. The molecule has 84 valence electrons. The quantitative estimate of drug-likeness (QED) is 0.620. The SMILES string of the molecule is COc1cccc(SC)c1CS(=O)(=O)Cl. The maximum atomic E-state index is 11.0. The molecule has 0 amide bonds. The summed E-state index contributed by atoms with van der Waals surface area (Å²) in [6.07, 6.45) is 1.87. The van der Waals surface area contributed by atoms with E-state index in [0.717, 1.165) is 4.90 Å². The number of thioether (sulfide) groups is 1. The first-order chi connectivity index (χ1) is 6.98. The van der Waals surface area contributed by atoms with Crippen LogP contribution in [-0.4, -0.2) is 21.8 Å². The van der Waals surface area contributed by atoms with Crippen LogP contribution in [0.3, 0.4) is 0 Å². The number of rotatable bonds is 4. The van der Waals surface area contributed by atoms with E-state index in [4.69, 9.17) is 15.4 Å². The Hall–Kier alpha value is -0.390. The molecule has 0 radical (unpaired) electrons. The largest absolute Gasteiger partial charge is 0.496 e. The van der Waals surface area contributed by atoms with Crippen LogP contribution in [0, 0.1) is 0 Å². The second kappa shape index (κ2) is 5.09. The molecule has 0 bridgehead atoms. The number of hydrogen-bond donors (Lipinski definition) is 0. The fraction of sp³-hybridized carbons (Fsp3) is 0.333. The highest BCUT2D eigenvalue weighted by Gasteiger charge is 2.15. The topological polar surface area (TPSA) is 43.4 Å². The lowest BCUT2D eigenvalue weighted by Crippen LogP contribution is -2.00. The van der Waals surface area contributed by atoms with E-state index in [1.165, 1.54) is 18.9 Å². The molecule has 6 heteroatoms. The highest BCUT2D eigenvalue weighted by Crippen LogP contribution is 2.30. The predicted octanol–water partition coefficient (Wildman–Crippen LogP) is 2.49. The first kappa shape index (κ1) is 12.7. The number of halogens is 1. The third-order valence-electron chi connectivity index (χ3n) is 1.85. The van der Waals surface area contributed by atoms with E-state index in [1.54, 1.807) is 6.07 Å². The molecule has 1 aromatic rings. The van der Waals surface area contributed by atoms with Crippen LogP contribution in [0.5, 0.6) is 5.75 Å². The van der Waals surface area contributed by atoms with Crippen molar-refractivity contribution in [3.05, 3.63) is 23.8 Å². The molecule has 0 saturated heterocycles. The van der Waals surface area contributed by atoms with Crippen LogP contribution >= 0.6 is 22.4 Å². The van der Waals surface area contributed by atoms with Crippen LogP contribution < -0.4 is 4.74 Å². The molecule has 0 aliphatic heterocycles. The Kier molecular flexibility index (Phi) is 4.31. The van der Waals surface area contributed by atoms with Crippen molar-refractivity contribution in [3.63, 3.8) is 0 Å². The minimum atomic E-state index is -3.56. The predicted molar refractivity (Wildman–Crippen MR) is 63.3 cm³/mol. The van der Waals surface area contributed by atoms with E-state index in [-0.39, 0.29) is 5.75 Å². The van der Waals surface area contributed by atoms with E-state index in [1.807, 2.05) is 18.4 Å². The molecule has 0 aliphatic carbocycles. The van der Waals surface area contributed by atoms with E-state index >= 15 is 0 Å². The van der Waals surface area contributed by atoms with E-state index in [2.05, 4.69) is 0 Å². The summed E-state index contributed by atoms with van der Waals surface area (Å²) in [5.41, 5.74) is 0.613. The molecule has 0 heterocycles. The van der Waals surface area contributed by atoms with E-state index < -0.39 is 9.05 Å². The van der Waals surface area contributed by atoms with Gasteiger partial charge in [-0.3, -0.25) is 0 Å². The molecule has 1 rings (SSSR count). The highest BCUT2D eigenvalue weighted by atomic mass is 35.7. The number of benzene rings is 1. The molecular weight excluding hydrogens is 256 g/mol. The summed E-state index contributed by atoms with van der Waals surface area (Å²) in [7, 11) is 3.17. The van der Waals surface area contributed by atoms with Gasteiger partial charge in [0, 0.05) is 21.1 Å². The average molecular weight is 267 g/mol. The summed E-state index contributed by atoms with van der Waals surface area (Å²) in [4.78, 5) is 0.860. The summed E-state index contributed by atoms with van der Waals surface area (Å²) < 4.78 is 27.2. The van der Waals surface area contributed by atoms with Crippen molar-refractivity contribution in [2.45, 2.75) is 10.6 Å². The van der Waals surface area contributed by atoms with Crippen molar-refractivity contribution in [3.8, 4) is 5.75 Å². The minimum Gasteiger partial charge on any atom is -0.496 e.